The number of alkyl halides is 18. The fraction of sp³-hybridized carbons (Fsp3) is 1.00. The van der Waals surface area contributed by atoms with Gasteiger partial charge in [-0.3, -0.25) is 0 Å². The summed E-state index contributed by atoms with van der Waals surface area (Å²) in [7, 11) is -17.5. The van der Waals surface area contributed by atoms with Crippen LogP contribution in [0.3, 0.4) is 0 Å². The van der Waals surface area contributed by atoms with Gasteiger partial charge in [0, 0.05) is 44.6 Å². The van der Waals surface area contributed by atoms with Gasteiger partial charge in [-0.2, -0.15) is 79.0 Å². The first-order valence-corrected chi connectivity index (χ1v) is 18.7. The van der Waals surface area contributed by atoms with Crippen molar-refractivity contribution >= 4 is 25.7 Å². The molecule has 4 nitrogen and oxygen atoms in total. The Balaban J connectivity index is 7.21. The van der Waals surface area contributed by atoms with Crippen LogP contribution in [0.2, 0.25) is 36.3 Å². The largest absolute Gasteiger partial charge is 0.486 e. The molecule has 0 spiro atoms. The van der Waals surface area contributed by atoms with Crippen LogP contribution in [0.25, 0.3) is 0 Å². The number of halogens is 18. The Morgan fingerprint density at radius 3 is 0.837 bits per heavy atom. The highest BCUT2D eigenvalue weighted by atomic mass is 28.5. The topological polar surface area (TPSA) is 58.9 Å². The summed E-state index contributed by atoms with van der Waals surface area (Å²) in [6, 6.07) is -11.0. The Morgan fingerprint density at radius 2 is 0.581 bits per heavy atom. The Kier molecular flexibility index (Phi) is 14.5. The van der Waals surface area contributed by atoms with Crippen LogP contribution in [0.1, 0.15) is 38.5 Å². The predicted molar refractivity (Wildman–Crippen MR) is 117 cm³/mol. The third kappa shape index (κ3) is 22.4. The average molecular weight is 733 g/mol. The molecular formula is C18H26F18O4Si3. The van der Waals surface area contributed by atoms with Crippen molar-refractivity contribution in [3.8, 4) is 0 Å². The number of hydrogen-bond donors (Lipinski definition) is 2. The van der Waals surface area contributed by atoms with E-state index in [0.29, 0.717) is 0 Å². The second-order valence-electron chi connectivity index (χ2n) is 9.73. The molecule has 0 aromatic carbocycles. The van der Waals surface area contributed by atoms with Gasteiger partial charge in [-0.1, -0.05) is 0 Å². The summed E-state index contributed by atoms with van der Waals surface area (Å²) in [5.41, 5.74) is 0. The number of hydrogen-bond acceptors (Lipinski definition) is 4. The summed E-state index contributed by atoms with van der Waals surface area (Å²) >= 11 is 0. The van der Waals surface area contributed by atoms with Gasteiger partial charge in [0.15, 0.2) is 8.32 Å². The second-order valence-corrected chi connectivity index (χ2v) is 20.0. The van der Waals surface area contributed by atoms with Gasteiger partial charge in [0.2, 0.25) is 0 Å². The third-order valence-electron chi connectivity index (χ3n) is 5.66. The molecule has 0 amide bonds. The highest BCUT2D eigenvalue weighted by molar-refractivity contribution is 6.87. The van der Waals surface area contributed by atoms with Crippen LogP contribution >= 0.6 is 0 Å². The summed E-state index contributed by atoms with van der Waals surface area (Å²) in [5, 5.41) is 0. The summed E-state index contributed by atoms with van der Waals surface area (Å²) in [4.78, 5) is 20.2. The van der Waals surface area contributed by atoms with Gasteiger partial charge in [-0.15, -0.1) is 0 Å². The van der Waals surface area contributed by atoms with Crippen LogP contribution in [-0.2, 0) is 8.23 Å². The molecule has 0 atom stereocenters. The summed E-state index contributed by atoms with van der Waals surface area (Å²) < 4.78 is 244. The molecule has 0 heterocycles. The van der Waals surface area contributed by atoms with E-state index in [-0.39, 0.29) is 0 Å². The van der Waals surface area contributed by atoms with Crippen LogP contribution < -0.4 is 0 Å². The molecule has 0 aliphatic carbocycles. The quantitative estimate of drug-likeness (QED) is 0.123. The third-order valence-corrected chi connectivity index (χ3v) is 18.1. The fourth-order valence-electron chi connectivity index (χ4n) is 3.70. The lowest BCUT2D eigenvalue weighted by Crippen LogP contribution is -2.60. The summed E-state index contributed by atoms with van der Waals surface area (Å²) in [6.45, 7) is 0. The van der Waals surface area contributed by atoms with Crippen LogP contribution in [0.15, 0.2) is 0 Å². The molecule has 0 aliphatic heterocycles. The van der Waals surface area contributed by atoms with E-state index < -0.39 is 138 Å². The van der Waals surface area contributed by atoms with E-state index >= 15 is 0 Å². The molecule has 0 saturated carbocycles. The van der Waals surface area contributed by atoms with Crippen LogP contribution in [0.5, 0.6) is 0 Å². The maximum absolute atomic E-state index is 13.1. The lowest BCUT2D eigenvalue weighted by atomic mass is 10.5. The van der Waals surface area contributed by atoms with Crippen LogP contribution in [0, 0.1) is 0 Å². The van der Waals surface area contributed by atoms with Crippen molar-refractivity contribution in [3.05, 3.63) is 0 Å². The highest BCUT2D eigenvalue weighted by Crippen LogP contribution is 2.44. The maximum atomic E-state index is 13.1. The number of rotatable bonds is 16. The minimum Gasteiger partial charge on any atom is -0.436 e. The molecule has 0 rings (SSSR count). The van der Waals surface area contributed by atoms with Crippen molar-refractivity contribution in [2.75, 3.05) is 0 Å². The monoisotopic (exact) mass is 732 g/mol. The molecule has 2 N–H and O–H groups in total. The zero-order chi connectivity index (χ0) is 34.4. The molecule has 0 aromatic rings. The fourth-order valence-corrected chi connectivity index (χ4v) is 18.2. The van der Waals surface area contributed by atoms with E-state index in [0.717, 1.165) is 0 Å². The van der Waals surface area contributed by atoms with Gasteiger partial charge < -0.3 is 17.8 Å². The van der Waals surface area contributed by atoms with E-state index in [9.17, 15) is 88.6 Å². The predicted octanol–water partition coefficient (Wildman–Crippen LogP) is 9.05. The van der Waals surface area contributed by atoms with Gasteiger partial charge >= 0.3 is 54.4 Å². The average Bonchev–Trinajstić information content (AvgIpc) is 2.73. The molecule has 0 bridgehead atoms. The molecular weight excluding hydrogens is 706 g/mol. The molecule has 0 aromatic heterocycles. The summed E-state index contributed by atoms with van der Waals surface area (Å²) in [5.74, 6) is 0. The molecule has 0 fully saturated rings. The van der Waals surface area contributed by atoms with Gasteiger partial charge in [0.25, 0.3) is 0 Å². The Morgan fingerprint density at radius 1 is 0.349 bits per heavy atom. The normalized spacial score (nSPS) is 15.3. The molecule has 260 valence electrons. The zero-order valence-corrected chi connectivity index (χ0v) is 24.5. The molecule has 0 radical (unpaired) electrons. The van der Waals surface area contributed by atoms with Crippen LogP contribution in [-0.4, -0.2) is 72.3 Å². The van der Waals surface area contributed by atoms with Gasteiger partial charge in [-0.05, 0) is 30.2 Å². The van der Waals surface area contributed by atoms with Crippen molar-refractivity contribution in [1.82, 2.24) is 0 Å². The molecule has 0 saturated heterocycles. The van der Waals surface area contributed by atoms with Gasteiger partial charge in [0.05, 0.1) is 0 Å². The zero-order valence-electron chi connectivity index (χ0n) is 21.5. The minimum absolute atomic E-state index is 1.76. The van der Waals surface area contributed by atoms with E-state index in [2.05, 4.69) is 4.12 Å². The Bertz CT molecular complexity index is 770. The van der Waals surface area contributed by atoms with Crippen molar-refractivity contribution in [2.45, 2.75) is 112 Å². The highest BCUT2D eigenvalue weighted by Gasteiger charge is 2.56. The molecule has 0 unspecified atom stereocenters. The molecule has 0 aliphatic rings. The Labute approximate surface area is 235 Å². The van der Waals surface area contributed by atoms with Gasteiger partial charge in [-0.25, -0.2) is 0 Å². The molecule has 25 heteroatoms. The first kappa shape index (κ1) is 42.2. The lowest BCUT2D eigenvalue weighted by Gasteiger charge is -2.44. The van der Waals surface area contributed by atoms with E-state index in [1.54, 1.807) is 0 Å². The Hall–Kier alpha value is -0.769. The van der Waals surface area contributed by atoms with E-state index in [4.69, 9.17) is 4.12 Å². The van der Waals surface area contributed by atoms with E-state index in [1.165, 1.54) is 0 Å². The van der Waals surface area contributed by atoms with E-state index in [1.807, 2.05) is 0 Å². The van der Waals surface area contributed by atoms with Crippen molar-refractivity contribution in [1.29, 1.82) is 0 Å². The second kappa shape index (κ2) is 14.8. The van der Waals surface area contributed by atoms with Crippen molar-refractivity contribution < 1.29 is 96.8 Å². The van der Waals surface area contributed by atoms with Crippen LogP contribution in [0.4, 0.5) is 79.0 Å². The van der Waals surface area contributed by atoms with Crippen molar-refractivity contribution in [2.24, 2.45) is 0 Å². The first-order chi connectivity index (χ1) is 18.7. The molecule has 43 heavy (non-hydrogen) atoms. The standard InChI is InChI=1S/C18H26F18O4Si3/c19-13(20,21)1-7-41(8-2-14(22,23)24,9-3-15(25,26)27)39-42(10-4-16(28,29)30,11-5-17(31,32)33)40-43(37,38)12-6-18(34,35)36/h37-38H,1-12H2. The van der Waals surface area contributed by atoms with Gasteiger partial charge in [0.1, 0.15) is 0 Å². The lowest BCUT2D eigenvalue weighted by molar-refractivity contribution is -0.134. The summed E-state index contributed by atoms with van der Waals surface area (Å²) in [6.07, 6.45) is -45.3. The first-order valence-electron chi connectivity index (χ1n) is 11.9. The SMILES string of the molecule is O[Si](O)(CCC(F)(F)F)O[Si](CCC(F)(F)F)(CCC(F)(F)F)O[Si](CCC(F)(F)F)(CCC(F)(F)F)CCC(F)(F)F. The van der Waals surface area contributed by atoms with Crippen molar-refractivity contribution in [3.63, 3.8) is 0 Å². The maximum Gasteiger partial charge on any atom is 0.486 e. The minimum atomic E-state index is -6.08. The smallest absolute Gasteiger partial charge is 0.436 e.